The van der Waals surface area contributed by atoms with Crippen molar-refractivity contribution in [1.29, 1.82) is 0 Å². The lowest BCUT2D eigenvalue weighted by molar-refractivity contribution is -0.117. The van der Waals surface area contributed by atoms with Gasteiger partial charge in [-0.3, -0.25) is 14.4 Å². The average molecular weight is 377 g/mol. The predicted molar refractivity (Wildman–Crippen MR) is 100 cm³/mol. The second-order valence-electron chi connectivity index (χ2n) is 5.51. The standard InChI is InChI=1S/C17H19N3O3S2/c1-9-14(8-15(18)22)25-17(19-9)24-11(3)16(23)20-13-6-4-12(5-7-13)10(2)21/h4-7,11H,8H2,1-3H3,(H2,18,22)(H,20,23). The number of Topliss-reactive ketones (excluding diaryl/α,β-unsaturated/α-hetero) is 1. The van der Waals surface area contributed by atoms with E-state index >= 15 is 0 Å². The van der Waals surface area contributed by atoms with Gasteiger partial charge in [-0.1, -0.05) is 11.8 Å². The molecule has 0 radical (unpaired) electrons. The Morgan fingerprint density at radius 1 is 1.28 bits per heavy atom. The number of aryl methyl sites for hydroxylation is 1. The van der Waals surface area contributed by atoms with E-state index in [-0.39, 0.29) is 23.4 Å². The molecule has 1 atom stereocenters. The fraction of sp³-hybridized carbons (Fsp3) is 0.294. The van der Waals surface area contributed by atoms with E-state index < -0.39 is 5.91 Å². The van der Waals surface area contributed by atoms with E-state index in [0.717, 1.165) is 14.9 Å². The maximum atomic E-state index is 12.3. The van der Waals surface area contributed by atoms with Crippen LogP contribution in [0.25, 0.3) is 0 Å². The molecule has 0 bridgehead atoms. The van der Waals surface area contributed by atoms with Gasteiger partial charge in [0.15, 0.2) is 10.1 Å². The van der Waals surface area contributed by atoms with Gasteiger partial charge < -0.3 is 11.1 Å². The van der Waals surface area contributed by atoms with Crippen LogP contribution >= 0.6 is 23.1 Å². The molecular weight excluding hydrogens is 358 g/mol. The molecule has 0 aliphatic heterocycles. The highest BCUT2D eigenvalue weighted by molar-refractivity contribution is 8.02. The van der Waals surface area contributed by atoms with Crippen molar-refractivity contribution >= 4 is 46.4 Å². The molecule has 0 fully saturated rings. The highest BCUT2D eigenvalue weighted by Gasteiger charge is 2.18. The van der Waals surface area contributed by atoms with Crippen molar-refractivity contribution in [2.24, 2.45) is 5.73 Å². The van der Waals surface area contributed by atoms with E-state index in [4.69, 9.17) is 5.73 Å². The number of amides is 2. The molecule has 0 aliphatic carbocycles. The summed E-state index contributed by atoms with van der Waals surface area (Å²) in [5, 5.41) is 2.45. The number of nitrogens with two attached hydrogens (primary N) is 1. The Labute approximate surface area is 154 Å². The molecule has 25 heavy (non-hydrogen) atoms. The summed E-state index contributed by atoms with van der Waals surface area (Å²) < 4.78 is 0.725. The Morgan fingerprint density at radius 3 is 2.48 bits per heavy atom. The number of thioether (sulfide) groups is 1. The zero-order valence-corrected chi connectivity index (χ0v) is 15.8. The van der Waals surface area contributed by atoms with Crippen molar-refractivity contribution in [3.8, 4) is 0 Å². The minimum absolute atomic E-state index is 0.0206. The van der Waals surface area contributed by atoms with Crippen LogP contribution in [0.1, 0.15) is 34.8 Å². The predicted octanol–water partition coefficient (Wildman–Crippen LogP) is 2.80. The molecule has 1 aromatic heterocycles. The molecule has 0 saturated heterocycles. The molecule has 132 valence electrons. The highest BCUT2D eigenvalue weighted by atomic mass is 32.2. The van der Waals surface area contributed by atoms with Gasteiger partial charge >= 0.3 is 0 Å². The van der Waals surface area contributed by atoms with Crippen molar-refractivity contribution in [2.45, 2.75) is 36.8 Å². The van der Waals surface area contributed by atoms with Crippen LogP contribution in [0.5, 0.6) is 0 Å². The van der Waals surface area contributed by atoms with Crippen LogP contribution in [0.4, 0.5) is 5.69 Å². The first-order valence-corrected chi connectivity index (χ1v) is 9.29. The Bertz CT molecular complexity index is 800. The lowest BCUT2D eigenvalue weighted by Gasteiger charge is -2.10. The van der Waals surface area contributed by atoms with Crippen LogP contribution in [0.15, 0.2) is 28.6 Å². The fourth-order valence-electron chi connectivity index (χ4n) is 2.01. The zero-order chi connectivity index (χ0) is 18.6. The van der Waals surface area contributed by atoms with Gasteiger partial charge in [0.25, 0.3) is 0 Å². The number of aromatic nitrogens is 1. The molecule has 1 unspecified atom stereocenters. The molecule has 1 heterocycles. The van der Waals surface area contributed by atoms with Crippen molar-refractivity contribution in [3.05, 3.63) is 40.4 Å². The van der Waals surface area contributed by atoms with E-state index in [0.29, 0.717) is 11.3 Å². The lowest BCUT2D eigenvalue weighted by atomic mass is 10.1. The first-order valence-electron chi connectivity index (χ1n) is 7.59. The number of thiazole rings is 1. The summed E-state index contributed by atoms with van der Waals surface area (Å²) in [6.45, 7) is 5.10. The van der Waals surface area contributed by atoms with E-state index in [1.54, 1.807) is 31.2 Å². The van der Waals surface area contributed by atoms with Crippen molar-refractivity contribution in [3.63, 3.8) is 0 Å². The summed E-state index contributed by atoms with van der Waals surface area (Å²) in [5.74, 6) is -0.583. The van der Waals surface area contributed by atoms with Crippen LogP contribution in [-0.2, 0) is 16.0 Å². The second kappa shape index (κ2) is 8.26. The zero-order valence-electron chi connectivity index (χ0n) is 14.2. The fourth-order valence-corrected chi connectivity index (χ4v) is 4.40. The van der Waals surface area contributed by atoms with E-state index in [2.05, 4.69) is 10.3 Å². The van der Waals surface area contributed by atoms with Gasteiger partial charge in [0, 0.05) is 16.1 Å². The van der Waals surface area contributed by atoms with E-state index in [1.165, 1.54) is 30.0 Å². The number of anilines is 1. The Hall–Kier alpha value is -2.19. The summed E-state index contributed by atoms with van der Waals surface area (Å²) in [4.78, 5) is 39.8. The molecule has 8 heteroatoms. The average Bonchev–Trinajstić information content (AvgIpc) is 2.86. The minimum Gasteiger partial charge on any atom is -0.369 e. The largest absolute Gasteiger partial charge is 0.369 e. The van der Waals surface area contributed by atoms with Crippen molar-refractivity contribution in [2.75, 3.05) is 5.32 Å². The van der Waals surface area contributed by atoms with Gasteiger partial charge in [-0.2, -0.15) is 0 Å². The number of carbonyl (C=O) groups is 3. The molecular formula is C17H19N3O3S2. The molecule has 1 aromatic carbocycles. The normalized spacial score (nSPS) is 11.8. The number of benzene rings is 1. The summed E-state index contributed by atoms with van der Waals surface area (Å²) in [5.41, 5.74) is 7.21. The number of carbonyl (C=O) groups excluding carboxylic acids is 3. The maximum absolute atomic E-state index is 12.3. The van der Waals surface area contributed by atoms with Crippen LogP contribution in [0.2, 0.25) is 0 Å². The highest BCUT2D eigenvalue weighted by Crippen LogP contribution is 2.31. The maximum Gasteiger partial charge on any atom is 0.237 e. The van der Waals surface area contributed by atoms with Crippen LogP contribution in [0.3, 0.4) is 0 Å². The van der Waals surface area contributed by atoms with Crippen LogP contribution < -0.4 is 11.1 Å². The van der Waals surface area contributed by atoms with Gasteiger partial charge in [0.2, 0.25) is 11.8 Å². The van der Waals surface area contributed by atoms with E-state index in [9.17, 15) is 14.4 Å². The lowest BCUT2D eigenvalue weighted by Crippen LogP contribution is -2.22. The third-order valence-corrected chi connectivity index (χ3v) is 5.76. The molecule has 0 aliphatic rings. The first kappa shape index (κ1) is 19.1. The smallest absolute Gasteiger partial charge is 0.237 e. The molecule has 2 rings (SSSR count). The third kappa shape index (κ3) is 5.40. The monoisotopic (exact) mass is 377 g/mol. The number of rotatable bonds is 7. The number of ketones is 1. The van der Waals surface area contributed by atoms with Gasteiger partial charge in [0.05, 0.1) is 17.4 Å². The van der Waals surface area contributed by atoms with Gasteiger partial charge in [-0.05, 0) is 45.0 Å². The third-order valence-electron chi connectivity index (χ3n) is 3.41. The quantitative estimate of drug-likeness (QED) is 0.570. The second-order valence-corrected chi connectivity index (χ2v) is 8.19. The van der Waals surface area contributed by atoms with Crippen LogP contribution in [-0.4, -0.2) is 27.8 Å². The van der Waals surface area contributed by atoms with Crippen molar-refractivity contribution in [1.82, 2.24) is 4.98 Å². The molecule has 2 amide bonds. The minimum atomic E-state index is -0.400. The van der Waals surface area contributed by atoms with Crippen LogP contribution in [0, 0.1) is 6.92 Å². The summed E-state index contributed by atoms with van der Waals surface area (Å²) >= 11 is 2.71. The number of primary amides is 1. The Kier molecular flexibility index (Phi) is 6.33. The summed E-state index contributed by atoms with van der Waals surface area (Å²) in [6.07, 6.45) is 0.160. The number of nitrogens with one attached hydrogen (secondary N) is 1. The number of hydrogen-bond donors (Lipinski definition) is 2. The SMILES string of the molecule is CC(=O)c1ccc(NC(=O)C(C)Sc2nc(C)c(CC(N)=O)s2)cc1. The molecule has 6 nitrogen and oxygen atoms in total. The molecule has 3 N–H and O–H groups in total. The van der Waals surface area contributed by atoms with Crippen molar-refractivity contribution < 1.29 is 14.4 Å². The van der Waals surface area contributed by atoms with Gasteiger partial charge in [-0.15, -0.1) is 11.3 Å². The number of hydrogen-bond acceptors (Lipinski definition) is 6. The summed E-state index contributed by atoms with van der Waals surface area (Å²) in [6, 6.07) is 6.75. The molecule has 0 spiro atoms. The van der Waals surface area contributed by atoms with Gasteiger partial charge in [-0.25, -0.2) is 4.98 Å². The molecule has 2 aromatic rings. The Morgan fingerprint density at radius 2 is 1.92 bits per heavy atom. The molecule has 0 saturated carbocycles. The topological polar surface area (TPSA) is 102 Å². The summed E-state index contributed by atoms with van der Waals surface area (Å²) in [7, 11) is 0. The number of nitrogens with zero attached hydrogens (tertiary/aromatic N) is 1. The Balaban J connectivity index is 1.98. The van der Waals surface area contributed by atoms with E-state index in [1.807, 2.05) is 6.92 Å². The first-order chi connectivity index (χ1) is 11.8. The van der Waals surface area contributed by atoms with Gasteiger partial charge in [0.1, 0.15) is 0 Å².